The maximum absolute atomic E-state index is 12.4. The van der Waals surface area contributed by atoms with Gasteiger partial charge in [0.25, 0.3) is 5.91 Å². The molecule has 0 saturated carbocycles. The summed E-state index contributed by atoms with van der Waals surface area (Å²) in [6, 6.07) is 0.870. The van der Waals surface area contributed by atoms with Crippen molar-refractivity contribution < 1.29 is 29.0 Å². The van der Waals surface area contributed by atoms with Gasteiger partial charge >= 0.3 is 12.1 Å². The molecule has 170 valence electrons. The van der Waals surface area contributed by atoms with Crippen LogP contribution in [0.2, 0.25) is 0 Å². The van der Waals surface area contributed by atoms with Crippen molar-refractivity contribution in [3.05, 3.63) is 24.0 Å². The highest BCUT2D eigenvalue weighted by molar-refractivity contribution is 6.07. The van der Waals surface area contributed by atoms with Crippen LogP contribution in [-0.4, -0.2) is 71.0 Å². The average Bonchev–Trinajstić information content (AvgIpc) is 3.03. The number of rotatable bonds is 6. The van der Waals surface area contributed by atoms with Crippen molar-refractivity contribution in [1.82, 2.24) is 20.6 Å². The number of aromatic nitrogens is 2. The molecule has 0 aromatic carbocycles. The number of nitrogens with one attached hydrogen (secondary N) is 2. The fourth-order valence-corrected chi connectivity index (χ4v) is 3.53. The third kappa shape index (κ3) is 6.59. The Labute approximate surface area is 181 Å². The average molecular weight is 436 g/mol. The zero-order valence-corrected chi connectivity index (χ0v) is 18.2. The van der Waals surface area contributed by atoms with Crippen molar-refractivity contribution in [3.63, 3.8) is 0 Å². The minimum atomic E-state index is -0.620. The Morgan fingerprint density at radius 1 is 1.39 bits per heavy atom. The topological polar surface area (TPSA) is 128 Å². The van der Waals surface area contributed by atoms with Crippen LogP contribution in [0, 0.1) is 0 Å². The number of urea groups is 1. The maximum atomic E-state index is 12.4. The Balaban J connectivity index is 1.69. The molecule has 2 aliphatic rings. The monoisotopic (exact) mass is 435 g/mol. The summed E-state index contributed by atoms with van der Waals surface area (Å²) in [5, 5.41) is 20.2. The van der Waals surface area contributed by atoms with Gasteiger partial charge in [-0.05, 0) is 40.0 Å². The summed E-state index contributed by atoms with van der Waals surface area (Å²) in [6.07, 6.45) is 4.50. The molecule has 11 nitrogen and oxygen atoms in total. The molecule has 0 bridgehead atoms. The van der Waals surface area contributed by atoms with Gasteiger partial charge in [0.2, 0.25) is 6.20 Å². The van der Waals surface area contributed by atoms with E-state index in [2.05, 4.69) is 20.6 Å². The first-order chi connectivity index (χ1) is 14.6. The molecule has 0 spiro atoms. The van der Waals surface area contributed by atoms with Crippen LogP contribution < -0.4 is 20.4 Å². The summed E-state index contributed by atoms with van der Waals surface area (Å²) in [4.78, 5) is 39.2. The van der Waals surface area contributed by atoms with E-state index in [1.165, 1.54) is 9.80 Å². The third-order valence-electron chi connectivity index (χ3n) is 5.13. The van der Waals surface area contributed by atoms with E-state index in [0.29, 0.717) is 6.42 Å². The van der Waals surface area contributed by atoms with Gasteiger partial charge in [-0.15, -0.1) is 0 Å². The lowest BCUT2D eigenvalue weighted by Gasteiger charge is -2.31. The van der Waals surface area contributed by atoms with Crippen molar-refractivity contribution in [3.8, 4) is 0 Å². The number of hydrogen-bond donors (Lipinski definition) is 3. The Kier molecular flexibility index (Phi) is 7.06. The molecule has 1 atom stereocenters. The number of piperidine rings is 1. The predicted octanol–water partition coefficient (Wildman–Crippen LogP) is -0.0305. The second kappa shape index (κ2) is 9.56. The molecule has 0 unspecified atom stereocenters. The number of carbonyl (C=O) groups is 3. The zero-order chi connectivity index (χ0) is 22.6. The fraction of sp³-hybridized carbons (Fsp3) is 0.650. The van der Waals surface area contributed by atoms with Crippen LogP contribution in [0.1, 0.15) is 51.6 Å². The summed E-state index contributed by atoms with van der Waals surface area (Å²) in [6.45, 7) is 7.67. The number of likely N-dealkylation sites (tertiary alicyclic amines) is 1. The minimum absolute atomic E-state index is 0.101. The first-order valence-electron chi connectivity index (χ1n) is 10.5. The summed E-state index contributed by atoms with van der Waals surface area (Å²) >= 11 is 0. The van der Waals surface area contributed by atoms with Crippen LogP contribution in [0.3, 0.4) is 0 Å². The molecule has 1 aromatic heterocycles. The van der Waals surface area contributed by atoms with Crippen molar-refractivity contribution in [2.24, 2.45) is 0 Å². The number of aliphatic hydroxyl groups is 1. The number of carbonyl (C=O) groups excluding carboxylic acids is 3. The van der Waals surface area contributed by atoms with Crippen LogP contribution in [0.25, 0.3) is 0 Å². The summed E-state index contributed by atoms with van der Waals surface area (Å²) in [7, 11) is 0. The van der Waals surface area contributed by atoms with E-state index < -0.39 is 17.7 Å². The highest BCUT2D eigenvalue weighted by Gasteiger charge is 2.35. The third-order valence-corrected chi connectivity index (χ3v) is 5.13. The molecule has 2 aliphatic heterocycles. The number of ether oxygens (including phenoxy) is 1. The normalized spacial score (nSPS) is 19.3. The standard InChI is InChI=1S/C20H30N6O5/c1-20(2,3)31-19(30)22-16(7-10-24-8-5-15(27)6-9-24)14-4-11-26(21-12-14)25-13-17(28)23-18(25)29/h4,11-12,15-16,27H,5-10,13H2,1-3H3,(H-,22,23,28,29,30)/p+1/t16-/m1/s1. The van der Waals surface area contributed by atoms with E-state index in [1.807, 2.05) is 0 Å². The first-order valence-corrected chi connectivity index (χ1v) is 10.5. The van der Waals surface area contributed by atoms with Crippen molar-refractivity contribution in [2.75, 3.05) is 31.2 Å². The van der Waals surface area contributed by atoms with E-state index in [4.69, 9.17) is 4.74 Å². The predicted molar refractivity (Wildman–Crippen MR) is 109 cm³/mol. The molecule has 0 radical (unpaired) electrons. The molecule has 3 N–H and O–H groups in total. The van der Waals surface area contributed by atoms with Crippen LogP contribution in [0.4, 0.5) is 9.59 Å². The van der Waals surface area contributed by atoms with E-state index in [1.54, 1.807) is 39.2 Å². The molecule has 2 fully saturated rings. The van der Waals surface area contributed by atoms with Crippen molar-refractivity contribution in [1.29, 1.82) is 0 Å². The van der Waals surface area contributed by atoms with Gasteiger partial charge in [-0.2, -0.15) is 0 Å². The van der Waals surface area contributed by atoms with Gasteiger partial charge in [0.05, 0.1) is 12.1 Å². The molecule has 3 rings (SSSR count). The maximum Gasteiger partial charge on any atom is 0.408 e. The van der Waals surface area contributed by atoms with Crippen LogP contribution in [0.5, 0.6) is 0 Å². The molecule has 31 heavy (non-hydrogen) atoms. The van der Waals surface area contributed by atoms with Gasteiger partial charge < -0.3 is 20.1 Å². The van der Waals surface area contributed by atoms with Gasteiger partial charge in [0.15, 0.2) is 6.54 Å². The van der Waals surface area contributed by atoms with Gasteiger partial charge in [0, 0.05) is 41.2 Å². The summed E-state index contributed by atoms with van der Waals surface area (Å²) < 4.78 is 5.41. The molecule has 3 heterocycles. The number of aliphatic hydroxyl groups excluding tert-OH is 1. The molecule has 11 heteroatoms. The highest BCUT2D eigenvalue weighted by Crippen LogP contribution is 2.19. The lowest BCUT2D eigenvalue weighted by atomic mass is 10.0. The van der Waals surface area contributed by atoms with Crippen molar-refractivity contribution >= 4 is 18.0 Å². The van der Waals surface area contributed by atoms with E-state index in [0.717, 1.165) is 38.0 Å². The second-order valence-corrected chi connectivity index (χ2v) is 8.85. The summed E-state index contributed by atoms with van der Waals surface area (Å²) in [5.41, 5.74) is 0.135. The van der Waals surface area contributed by atoms with Gasteiger partial charge in [0.1, 0.15) is 11.8 Å². The van der Waals surface area contributed by atoms with Crippen LogP contribution in [0.15, 0.2) is 18.5 Å². The summed E-state index contributed by atoms with van der Waals surface area (Å²) in [5.74, 6) is -0.389. The molecule has 4 amide bonds. The van der Waals surface area contributed by atoms with E-state index in [9.17, 15) is 19.5 Å². The minimum Gasteiger partial charge on any atom is -0.444 e. The van der Waals surface area contributed by atoms with Crippen LogP contribution in [-0.2, 0) is 9.53 Å². The first kappa shape index (κ1) is 22.9. The number of nitrogens with zero attached hydrogens (tertiary/aromatic N) is 4. The Hall–Kier alpha value is -2.79. The van der Waals surface area contributed by atoms with Gasteiger partial charge in [-0.25, -0.2) is 9.59 Å². The molecular formula is C20H31N6O5+. The van der Waals surface area contributed by atoms with E-state index in [-0.39, 0.29) is 24.6 Å². The van der Waals surface area contributed by atoms with E-state index >= 15 is 0 Å². The quantitative estimate of drug-likeness (QED) is 0.423. The van der Waals surface area contributed by atoms with Gasteiger partial charge in [-0.1, -0.05) is 5.01 Å². The lowest BCUT2D eigenvalue weighted by Crippen LogP contribution is -2.61. The SMILES string of the molecule is CC(C)(C)OC(=O)N[C@H](CCN1CCC(O)CC1)c1cc[n+](N2CC(=O)NC2=O)nc1. The molecular weight excluding hydrogens is 404 g/mol. The van der Waals surface area contributed by atoms with Crippen molar-refractivity contribution in [2.45, 2.75) is 57.8 Å². The number of amides is 4. The smallest absolute Gasteiger partial charge is 0.408 e. The fourth-order valence-electron chi connectivity index (χ4n) is 3.53. The Bertz CT molecular complexity index is 801. The van der Waals surface area contributed by atoms with Gasteiger partial charge in [-0.3, -0.25) is 10.1 Å². The molecule has 2 saturated heterocycles. The number of hydrogen-bond acceptors (Lipinski definition) is 7. The number of alkyl carbamates (subject to hydrolysis) is 1. The Morgan fingerprint density at radius 2 is 2.10 bits per heavy atom. The number of imide groups is 1. The zero-order valence-electron chi connectivity index (χ0n) is 18.2. The lowest BCUT2D eigenvalue weighted by molar-refractivity contribution is -0.738. The molecule has 0 aliphatic carbocycles. The van der Waals surface area contributed by atoms with Crippen LogP contribution >= 0.6 is 0 Å². The highest BCUT2D eigenvalue weighted by atomic mass is 16.6. The Morgan fingerprint density at radius 3 is 2.65 bits per heavy atom. The second-order valence-electron chi connectivity index (χ2n) is 8.85. The largest absolute Gasteiger partial charge is 0.444 e. The molecule has 1 aromatic rings.